The Hall–Kier alpha value is -1.61. The van der Waals surface area contributed by atoms with Gasteiger partial charge in [0.15, 0.2) is 0 Å². The van der Waals surface area contributed by atoms with E-state index in [0.717, 1.165) is 12.0 Å². The van der Waals surface area contributed by atoms with Gasteiger partial charge in [0.25, 0.3) is 0 Å². The van der Waals surface area contributed by atoms with Gasteiger partial charge in [-0.1, -0.05) is 42.0 Å². The maximum absolute atomic E-state index is 11.8. The minimum atomic E-state index is -0.0604. The number of hydrogen-bond donors (Lipinski definition) is 2. The van der Waals surface area contributed by atoms with Crippen molar-refractivity contribution in [1.29, 1.82) is 0 Å². The van der Waals surface area contributed by atoms with Gasteiger partial charge in [0.05, 0.1) is 5.92 Å². The lowest BCUT2D eigenvalue weighted by molar-refractivity contribution is -0.123. The number of benzene rings is 1. The zero-order chi connectivity index (χ0) is 12.3. The Labute approximate surface area is 102 Å². The molecule has 0 heterocycles. The zero-order valence-electron chi connectivity index (χ0n) is 10.0. The summed E-state index contributed by atoms with van der Waals surface area (Å²) in [6, 6.07) is 8.18. The molecular weight excluding hydrogens is 212 g/mol. The molecule has 1 amide bonds. The molecule has 1 aromatic rings. The lowest BCUT2D eigenvalue weighted by Crippen LogP contribution is -2.30. The normalized spacial score (nSPS) is 22.7. The number of carbonyl (C=O) groups is 1. The molecule has 2 rings (SSSR count). The summed E-state index contributed by atoms with van der Waals surface area (Å²) >= 11 is 0. The summed E-state index contributed by atoms with van der Waals surface area (Å²) in [5.74, 6) is 0.00511. The lowest BCUT2D eigenvalue weighted by atomic mass is 10.1. The number of carbonyl (C=O) groups excluding carboxylic acids is 1. The van der Waals surface area contributed by atoms with E-state index >= 15 is 0 Å². The van der Waals surface area contributed by atoms with Crippen LogP contribution in [0.3, 0.4) is 0 Å². The molecular formula is C14H18N2O. The van der Waals surface area contributed by atoms with Crippen molar-refractivity contribution in [1.82, 2.24) is 5.32 Å². The molecule has 0 saturated carbocycles. The second kappa shape index (κ2) is 5.15. The lowest BCUT2D eigenvalue weighted by Gasteiger charge is -2.10. The second-order valence-corrected chi connectivity index (χ2v) is 4.60. The number of amides is 1. The van der Waals surface area contributed by atoms with Crippen LogP contribution < -0.4 is 11.1 Å². The number of nitrogens with one attached hydrogen (secondary N) is 1. The first-order valence-electron chi connectivity index (χ1n) is 5.92. The summed E-state index contributed by atoms with van der Waals surface area (Å²) in [6.45, 7) is 2.63. The van der Waals surface area contributed by atoms with E-state index in [1.807, 2.05) is 37.3 Å². The van der Waals surface area contributed by atoms with Crippen LogP contribution in [-0.4, -0.2) is 11.9 Å². The first-order valence-corrected chi connectivity index (χ1v) is 5.92. The van der Waals surface area contributed by atoms with Crippen molar-refractivity contribution >= 4 is 5.91 Å². The molecule has 0 saturated heterocycles. The van der Waals surface area contributed by atoms with Crippen molar-refractivity contribution < 1.29 is 4.79 Å². The van der Waals surface area contributed by atoms with Crippen LogP contribution in [0.5, 0.6) is 0 Å². The van der Waals surface area contributed by atoms with Crippen molar-refractivity contribution in [2.45, 2.75) is 25.9 Å². The summed E-state index contributed by atoms with van der Waals surface area (Å²) in [5.41, 5.74) is 8.06. The van der Waals surface area contributed by atoms with Crippen molar-refractivity contribution in [3.8, 4) is 0 Å². The fourth-order valence-corrected chi connectivity index (χ4v) is 2.06. The number of hydrogen-bond acceptors (Lipinski definition) is 2. The molecule has 2 unspecified atom stereocenters. The molecule has 3 heteroatoms. The first-order chi connectivity index (χ1) is 8.15. The predicted molar refractivity (Wildman–Crippen MR) is 68.2 cm³/mol. The summed E-state index contributed by atoms with van der Waals surface area (Å²) < 4.78 is 0. The molecule has 3 N–H and O–H groups in total. The van der Waals surface area contributed by atoms with Crippen molar-refractivity contribution in [3.05, 3.63) is 47.5 Å². The third-order valence-corrected chi connectivity index (χ3v) is 3.00. The van der Waals surface area contributed by atoms with Crippen molar-refractivity contribution in [2.75, 3.05) is 0 Å². The van der Waals surface area contributed by atoms with Gasteiger partial charge >= 0.3 is 0 Å². The standard InChI is InChI=1S/C14H18N2O/c1-10-3-2-4-11(7-10)9-16-14(17)12-5-6-13(15)8-12/h2-7,12-13H,8-9,15H2,1H3,(H,16,17). The van der Waals surface area contributed by atoms with Crippen LogP contribution in [0.4, 0.5) is 0 Å². The van der Waals surface area contributed by atoms with Crippen LogP contribution in [-0.2, 0) is 11.3 Å². The third kappa shape index (κ3) is 3.17. The Morgan fingerprint density at radius 3 is 2.94 bits per heavy atom. The highest BCUT2D eigenvalue weighted by molar-refractivity contribution is 5.81. The van der Waals surface area contributed by atoms with Gasteiger partial charge in [0, 0.05) is 12.6 Å². The van der Waals surface area contributed by atoms with Gasteiger partial charge in [-0.2, -0.15) is 0 Å². The Morgan fingerprint density at radius 1 is 1.47 bits per heavy atom. The molecule has 1 aliphatic carbocycles. The fraction of sp³-hybridized carbons (Fsp3) is 0.357. The molecule has 2 atom stereocenters. The smallest absolute Gasteiger partial charge is 0.227 e. The summed E-state index contributed by atoms with van der Waals surface area (Å²) in [7, 11) is 0. The van der Waals surface area contributed by atoms with E-state index in [-0.39, 0.29) is 17.9 Å². The average molecular weight is 230 g/mol. The van der Waals surface area contributed by atoms with E-state index in [1.54, 1.807) is 0 Å². The fourth-order valence-electron chi connectivity index (χ4n) is 2.06. The van der Waals surface area contributed by atoms with E-state index in [9.17, 15) is 4.79 Å². The molecule has 0 spiro atoms. The van der Waals surface area contributed by atoms with Crippen LogP contribution in [0.25, 0.3) is 0 Å². The molecule has 0 fully saturated rings. The molecule has 17 heavy (non-hydrogen) atoms. The van der Waals surface area contributed by atoms with Gasteiger partial charge in [0.1, 0.15) is 0 Å². The van der Waals surface area contributed by atoms with Crippen LogP contribution in [0, 0.1) is 12.8 Å². The Morgan fingerprint density at radius 2 is 2.29 bits per heavy atom. The molecule has 1 aromatic carbocycles. The minimum Gasteiger partial charge on any atom is -0.352 e. The Kier molecular flexibility index (Phi) is 3.59. The van der Waals surface area contributed by atoms with Gasteiger partial charge in [-0.15, -0.1) is 0 Å². The molecule has 0 aromatic heterocycles. The summed E-state index contributed by atoms with van der Waals surface area (Å²) in [4.78, 5) is 11.8. The van der Waals surface area contributed by atoms with E-state index in [4.69, 9.17) is 5.73 Å². The van der Waals surface area contributed by atoms with E-state index in [1.165, 1.54) is 5.56 Å². The summed E-state index contributed by atoms with van der Waals surface area (Å²) in [6.07, 6.45) is 4.52. The Balaban J connectivity index is 1.86. The quantitative estimate of drug-likeness (QED) is 0.773. The minimum absolute atomic E-state index is 0.0321. The predicted octanol–water partition coefficient (Wildman–Crippen LogP) is 1.51. The average Bonchev–Trinajstić information content (AvgIpc) is 2.73. The largest absolute Gasteiger partial charge is 0.352 e. The third-order valence-electron chi connectivity index (χ3n) is 3.00. The maximum Gasteiger partial charge on any atom is 0.227 e. The van der Waals surface area contributed by atoms with Crippen LogP contribution in [0.15, 0.2) is 36.4 Å². The molecule has 90 valence electrons. The van der Waals surface area contributed by atoms with Crippen LogP contribution in [0.1, 0.15) is 17.5 Å². The van der Waals surface area contributed by atoms with Crippen molar-refractivity contribution in [2.24, 2.45) is 11.7 Å². The van der Waals surface area contributed by atoms with Gasteiger partial charge in [-0.3, -0.25) is 4.79 Å². The van der Waals surface area contributed by atoms with Gasteiger partial charge in [-0.05, 0) is 18.9 Å². The molecule has 0 aliphatic heterocycles. The molecule has 0 bridgehead atoms. The van der Waals surface area contributed by atoms with Gasteiger partial charge in [0.2, 0.25) is 5.91 Å². The highest BCUT2D eigenvalue weighted by Crippen LogP contribution is 2.16. The first kappa shape index (κ1) is 11.9. The summed E-state index contributed by atoms with van der Waals surface area (Å²) in [5, 5.41) is 2.94. The van der Waals surface area contributed by atoms with E-state index < -0.39 is 0 Å². The topological polar surface area (TPSA) is 55.1 Å². The van der Waals surface area contributed by atoms with Gasteiger partial charge in [-0.25, -0.2) is 0 Å². The number of rotatable bonds is 3. The molecule has 0 radical (unpaired) electrons. The van der Waals surface area contributed by atoms with Crippen molar-refractivity contribution in [3.63, 3.8) is 0 Å². The number of nitrogens with two attached hydrogens (primary N) is 1. The monoisotopic (exact) mass is 230 g/mol. The van der Waals surface area contributed by atoms with Crippen LogP contribution in [0.2, 0.25) is 0 Å². The SMILES string of the molecule is Cc1cccc(CNC(=O)C2C=CC(N)C2)c1. The molecule has 3 nitrogen and oxygen atoms in total. The molecule has 1 aliphatic rings. The van der Waals surface area contributed by atoms with E-state index in [2.05, 4.69) is 11.4 Å². The highest BCUT2D eigenvalue weighted by Gasteiger charge is 2.22. The second-order valence-electron chi connectivity index (χ2n) is 4.60. The highest BCUT2D eigenvalue weighted by atomic mass is 16.1. The Bertz CT molecular complexity index is 440. The maximum atomic E-state index is 11.8. The number of aryl methyl sites for hydroxylation is 1. The van der Waals surface area contributed by atoms with Gasteiger partial charge < -0.3 is 11.1 Å². The van der Waals surface area contributed by atoms with Crippen LogP contribution >= 0.6 is 0 Å². The van der Waals surface area contributed by atoms with E-state index in [0.29, 0.717) is 6.54 Å². The zero-order valence-corrected chi connectivity index (χ0v) is 10.0.